The Bertz CT molecular complexity index is 720. The Morgan fingerprint density at radius 3 is 2.74 bits per heavy atom. The fraction of sp³-hybridized carbons (Fsp3) is 0.0714. The van der Waals surface area contributed by atoms with Crippen molar-refractivity contribution in [2.24, 2.45) is 0 Å². The molecule has 1 N–H and O–H groups in total. The lowest BCUT2D eigenvalue weighted by atomic mass is 10.0. The van der Waals surface area contributed by atoms with E-state index in [2.05, 4.69) is 36.8 Å². The number of hydrogen-bond acceptors (Lipinski definition) is 3. The first kappa shape index (κ1) is 12.8. The van der Waals surface area contributed by atoms with Gasteiger partial charge in [0, 0.05) is 11.6 Å². The molecule has 3 rings (SSSR count). The highest BCUT2D eigenvalue weighted by Crippen LogP contribution is 2.33. The molecule has 3 nitrogen and oxygen atoms in total. The molecule has 96 valence electrons. The van der Waals surface area contributed by atoms with E-state index in [0.717, 1.165) is 20.9 Å². The van der Waals surface area contributed by atoms with Crippen LogP contribution < -0.4 is 0 Å². The van der Waals surface area contributed by atoms with Gasteiger partial charge in [-0.25, -0.2) is 0 Å². The maximum Gasteiger partial charge on any atom is 0.183 e. The molecule has 0 saturated heterocycles. The fourth-order valence-electron chi connectivity index (χ4n) is 1.93. The van der Waals surface area contributed by atoms with Crippen LogP contribution in [0.1, 0.15) is 17.4 Å². The molecule has 0 aliphatic carbocycles. The van der Waals surface area contributed by atoms with Gasteiger partial charge in [-0.15, -0.1) is 0 Å². The molecule has 1 aromatic carbocycles. The van der Waals surface area contributed by atoms with Gasteiger partial charge in [-0.2, -0.15) is 0 Å². The number of aliphatic hydroxyl groups excluding tert-OH is 1. The molecule has 1 atom stereocenters. The molecule has 0 amide bonds. The van der Waals surface area contributed by atoms with E-state index in [1.807, 2.05) is 30.3 Å². The Kier molecular flexibility index (Phi) is 3.43. The van der Waals surface area contributed by atoms with Crippen molar-refractivity contribution in [3.63, 3.8) is 0 Å². The van der Waals surface area contributed by atoms with Gasteiger partial charge in [-0.1, -0.05) is 12.1 Å². The van der Waals surface area contributed by atoms with Gasteiger partial charge in [0.25, 0.3) is 0 Å². The van der Waals surface area contributed by atoms with Crippen LogP contribution in [0, 0.1) is 0 Å². The summed E-state index contributed by atoms with van der Waals surface area (Å²) in [6.45, 7) is 0. The molecule has 0 saturated carbocycles. The van der Waals surface area contributed by atoms with Gasteiger partial charge in [0.15, 0.2) is 4.67 Å². The lowest BCUT2D eigenvalue weighted by molar-refractivity contribution is 0.188. The highest BCUT2D eigenvalue weighted by molar-refractivity contribution is 9.13. The number of rotatable bonds is 2. The summed E-state index contributed by atoms with van der Waals surface area (Å²) in [6.07, 6.45) is 0.950. The summed E-state index contributed by atoms with van der Waals surface area (Å²) in [7, 11) is 0. The van der Waals surface area contributed by atoms with Crippen molar-refractivity contribution in [1.82, 2.24) is 4.98 Å². The normalized spacial score (nSPS) is 12.8. The Labute approximate surface area is 126 Å². The third-order valence-corrected chi connectivity index (χ3v) is 4.59. The molecular formula is C14H9Br2NO2. The molecule has 2 heterocycles. The summed E-state index contributed by atoms with van der Waals surface area (Å²) in [5, 5.41) is 11.3. The van der Waals surface area contributed by atoms with E-state index in [-0.39, 0.29) is 0 Å². The number of aliphatic hydroxyl groups is 1. The molecule has 5 heteroatoms. The van der Waals surface area contributed by atoms with Gasteiger partial charge in [0.2, 0.25) is 0 Å². The van der Waals surface area contributed by atoms with Crippen molar-refractivity contribution in [3.8, 4) is 0 Å². The second-order valence-electron chi connectivity index (χ2n) is 4.13. The summed E-state index contributed by atoms with van der Waals surface area (Å²) >= 11 is 6.60. The predicted octanol–water partition coefficient (Wildman–Crippen LogP) is 4.43. The first-order chi connectivity index (χ1) is 9.15. The second-order valence-corrected chi connectivity index (χ2v) is 5.70. The fourth-order valence-corrected chi connectivity index (χ4v) is 2.53. The Morgan fingerprint density at radius 1 is 1.16 bits per heavy atom. The average Bonchev–Trinajstić information content (AvgIpc) is 2.77. The third kappa shape index (κ3) is 2.45. The first-order valence-corrected chi connectivity index (χ1v) is 7.21. The monoisotopic (exact) mass is 381 g/mol. The minimum Gasteiger partial charge on any atom is -0.450 e. The highest BCUT2D eigenvalue weighted by atomic mass is 79.9. The van der Waals surface area contributed by atoms with Crippen LogP contribution in [0.4, 0.5) is 0 Å². The largest absolute Gasteiger partial charge is 0.450 e. The summed E-state index contributed by atoms with van der Waals surface area (Å²) in [4.78, 5) is 4.25. The molecule has 0 aliphatic rings. The summed E-state index contributed by atoms with van der Waals surface area (Å²) in [6, 6.07) is 11.2. The molecule has 0 spiro atoms. The van der Waals surface area contributed by atoms with Crippen LogP contribution in [-0.4, -0.2) is 10.1 Å². The predicted molar refractivity (Wildman–Crippen MR) is 79.9 cm³/mol. The molecule has 0 radical (unpaired) electrons. The van der Waals surface area contributed by atoms with Crippen LogP contribution in [0.5, 0.6) is 0 Å². The number of aromatic nitrogens is 1. The summed E-state index contributed by atoms with van der Waals surface area (Å²) in [5.74, 6) is 0.488. The van der Waals surface area contributed by atoms with E-state index in [9.17, 15) is 5.11 Å². The summed E-state index contributed by atoms with van der Waals surface area (Å²) in [5.41, 5.74) is 1.68. The molecule has 0 bridgehead atoms. The number of nitrogens with zero attached hydrogens (tertiary/aromatic N) is 1. The Balaban J connectivity index is 2.03. The van der Waals surface area contributed by atoms with Gasteiger partial charge < -0.3 is 9.52 Å². The topological polar surface area (TPSA) is 46.3 Å². The van der Waals surface area contributed by atoms with E-state index in [1.54, 1.807) is 12.3 Å². The molecule has 0 fully saturated rings. The van der Waals surface area contributed by atoms with E-state index in [4.69, 9.17) is 4.42 Å². The SMILES string of the molecule is OC(c1ccc2ncccc2c1)c1cc(Br)c(Br)o1. The smallest absolute Gasteiger partial charge is 0.183 e. The third-order valence-electron chi connectivity index (χ3n) is 2.88. The summed E-state index contributed by atoms with van der Waals surface area (Å²) < 4.78 is 6.80. The molecule has 19 heavy (non-hydrogen) atoms. The van der Waals surface area contributed by atoms with Crippen molar-refractivity contribution in [3.05, 3.63) is 63.1 Å². The quantitative estimate of drug-likeness (QED) is 0.712. The van der Waals surface area contributed by atoms with E-state index in [1.165, 1.54) is 0 Å². The maximum absolute atomic E-state index is 10.3. The molecule has 0 aliphatic heterocycles. The van der Waals surface area contributed by atoms with Gasteiger partial charge in [0.05, 0.1) is 9.99 Å². The zero-order valence-corrected chi connectivity index (χ0v) is 12.8. The number of furan rings is 1. The van der Waals surface area contributed by atoms with Gasteiger partial charge in [-0.05, 0) is 61.7 Å². The lowest BCUT2D eigenvalue weighted by Gasteiger charge is -2.08. The second kappa shape index (κ2) is 5.07. The number of fused-ring (bicyclic) bond motifs is 1. The van der Waals surface area contributed by atoms with E-state index in [0.29, 0.717) is 10.4 Å². The van der Waals surface area contributed by atoms with Crippen LogP contribution >= 0.6 is 31.9 Å². The van der Waals surface area contributed by atoms with Crippen molar-refractivity contribution in [2.45, 2.75) is 6.10 Å². The number of hydrogen-bond donors (Lipinski definition) is 1. The zero-order valence-electron chi connectivity index (χ0n) is 9.68. The van der Waals surface area contributed by atoms with Crippen LogP contribution in [0.2, 0.25) is 0 Å². The minimum absolute atomic E-state index is 0.488. The van der Waals surface area contributed by atoms with Crippen molar-refractivity contribution < 1.29 is 9.52 Å². The van der Waals surface area contributed by atoms with Crippen LogP contribution in [0.3, 0.4) is 0 Å². The lowest BCUT2D eigenvalue weighted by Crippen LogP contribution is -1.97. The van der Waals surface area contributed by atoms with Gasteiger partial charge in [0.1, 0.15) is 11.9 Å². The van der Waals surface area contributed by atoms with E-state index < -0.39 is 6.10 Å². The molecular weight excluding hydrogens is 374 g/mol. The first-order valence-electron chi connectivity index (χ1n) is 5.62. The number of pyridine rings is 1. The molecule has 1 unspecified atom stereocenters. The van der Waals surface area contributed by atoms with Crippen LogP contribution in [0.25, 0.3) is 10.9 Å². The van der Waals surface area contributed by atoms with Crippen LogP contribution in [0.15, 0.2) is 56.2 Å². The molecule has 3 aromatic rings. The maximum atomic E-state index is 10.3. The van der Waals surface area contributed by atoms with Crippen molar-refractivity contribution in [2.75, 3.05) is 0 Å². The van der Waals surface area contributed by atoms with Crippen LogP contribution in [-0.2, 0) is 0 Å². The number of halogens is 2. The molecule has 2 aromatic heterocycles. The van der Waals surface area contributed by atoms with E-state index >= 15 is 0 Å². The average molecular weight is 383 g/mol. The highest BCUT2D eigenvalue weighted by Gasteiger charge is 2.17. The van der Waals surface area contributed by atoms with Gasteiger partial charge >= 0.3 is 0 Å². The number of benzene rings is 1. The Hall–Kier alpha value is -1.17. The van der Waals surface area contributed by atoms with Crippen molar-refractivity contribution >= 4 is 42.8 Å². The zero-order chi connectivity index (χ0) is 13.4. The van der Waals surface area contributed by atoms with Gasteiger partial charge in [-0.3, -0.25) is 4.98 Å². The standard InChI is InChI=1S/C14H9Br2NO2/c15-10-7-12(19-14(10)16)13(18)9-3-4-11-8(6-9)2-1-5-17-11/h1-7,13,18H. The minimum atomic E-state index is -0.799. The van der Waals surface area contributed by atoms with Crippen molar-refractivity contribution in [1.29, 1.82) is 0 Å². The Morgan fingerprint density at radius 2 is 2.00 bits per heavy atom.